The molecule has 0 aromatic heterocycles. The average molecular weight is 273 g/mol. The first-order valence-electron chi connectivity index (χ1n) is 6.39. The van der Waals surface area contributed by atoms with Crippen molar-refractivity contribution in [3.8, 4) is 0 Å². The van der Waals surface area contributed by atoms with Crippen molar-refractivity contribution < 1.29 is 19.5 Å². The standard InChI is InChI=1S/C12H23N3O4/c1-8(2)14-11(18)9(3)15-12(19)13-7-5-4-6-10(16)17/h8-9H,4-7H2,1-3H3,(H,14,18)(H,16,17)(H2,13,15,19). The Bertz CT molecular complexity index is 318. The van der Waals surface area contributed by atoms with Crippen LogP contribution in [0.3, 0.4) is 0 Å². The smallest absolute Gasteiger partial charge is 0.315 e. The van der Waals surface area contributed by atoms with Crippen LogP contribution >= 0.6 is 0 Å². The van der Waals surface area contributed by atoms with Gasteiger partial charge in [0.15, 0.2) is 0 Å². The molecule has 7 nitrogen and oxygen atoms in total. The number of carboxylic acids is 1. The van der Waals surface area contributed by atoms with Gasteiger partial charge in [0.05, 0.1) is 0 Å². The Morgan fingerprint density at radius 3 is 2.21 bits per heavy atom. The van der Waals surface area contributed by atoms with Crippen LogP contribution in [0.2, 0.25) is 0 Å². The molecule has 0 aliphatic rings. The van der Waals surface area contributed by atoms with E-state index in [0.717, 1.165) is 0 Å². The quantitative estimate of drug-likeness (QED) is 0.482. The summed E-state index contributed by atoms with van der Waals surface area (Å²) >= 11 is 0. The second kappa shape index (κ2) is 9.18. The third-order valence-corrected chi connectivity index (χ3v) is 2.27. The van der Waals surface area contributed by atoms with E-state index in [1.54, 1.807) is 6.92 Å². The number of unbranched alkanes of at least 4 members (excludes halogenated alkanes) is 1. The molecule has 1 unspecified atom stereocenters. The predicted molar refractivity (Wildman–Crippen MR) is 70.8 cm³/mol. The van der Waals surface area contributed by atoms with E-state index in [0.29, 0.717) is 19.4 Å². The summed E-state index contributed by atoms with van der Waals surface area (Å²) in [6.45, 7) is 5.67. The molecule has 0 saturated carbocycles. The molecule has 0 saturated heterocycles. The lowest BCUT2D eigenvalue weighted by atomic mass is 10.2. The number of hydrogen-bond acceptors (Lipinski definition) is 3. The Morgan fingerprint density at radius 1 is 1.05 bits per heavy atom. The summed E-state index contributed by atoms with van der Waals surface area (Å²) in [7, 11) is 0. The molecule has 0 spiro atoms. The summed E-state index contributed by atoms with van der Waals surface area (Å²) in [5.41, 5.74) is 0. The fraction of sp³-hybridized carbons (Fsp3) is 0.750. The highest BCUT2D eigenvalue weighted by Crippen LogP contribution is 1.93. The van der Waals surface area contributed by atoms with Crippen LogP contribution in [0.1, 0.15) is 40.0 Å². The topological polar surface area (TPSA) is 108 Å². The van der Waals surface area contributed by atoms with Crippen LogP contribution in [0.5, 0.6) is 0 Å². The number of carboxylic acid groups (broad SMARTS) is 1. The maximum absolute atomic E-state index is 11.5. The van der Waals surface area contributed by atoms with Crippen LogP contribution in [0.4, 0.5) is 4.79 Å². The summed E-state index contributed by atoms with van der Waals surface area (Å²) in [4.78, 5) is 33.2. The molecule has 0 rings (SSSR count). The molecule has 0 fully saturated rings. The van der Waals surface area contributed by atoms with Crippen molar-refractivity contribution in [1.82, 2.24) is 16.0 Å². The van der Waals surface area contributed by atoms with Gasteiger partial charge in [-0.1, -0.05) is 0 Å². The normalized spacial score (nSPS) is 11.8. The zero-order valence-corrected chi connectivity index (χ0v) is 11.7. The van der Waals surface area contributed by atoms with Crippen molar-refractivity contribution >= 4 is 17.9 Å². The molecule has 0 radical (unpaired) electrons. The minimum absolute atomic E-state index is 0.0239. The number of carbonyl (C=O) groups excluding carboxylic acids is 2. The van der Waals surface area contributed by atoms with Crippen LogP contribution < -0.4 is 16.0 Å². The van der Waals surface area contributed by atoms with Crippen LogP contribution in [0.15, 0.2) is 0 Å². The largest absolute Gasteiger partial charge is 0.481 e. The van der Waals surface area contributed by atoms with Crippen LogP contribution in [-0.4, -0.2) is 41.6 Å². The van der Waals surface area contributed by atoms with Gasteiger partial charge in [-0.3, -0.25) is 9.59 Å². The lowest BCUT2D eigenvalue weighted by Crippen LogP contribution is -2.49. The number of urea groups is 1. The molecule has 0 heterocycles. The van der Waals surface area contributed by atoms with Gasteiger partial charge < -0.3 is 21.1 Å². The van der Waals surface area contributed by atoms with E-state index in [1.807, 2.05) is 13.8 Å². The molecule has 1 atom stereocenters. The molecule has 0 aliphatic carbocycles. The molecule has 0 aromatic carbocycles. The highest BCUT2D eigenvalue weighted by Gasteiger charge is 2.15. The number of aliphatic carboxylic acids is 1. The Labute approximate surface area is 113 Å². The van der Waals surface area contributed by atoms with Crippen molar-refractivity contribution in [2.24, 2.45) is 0 Å². The van der Waals surface area contributed by atoms with Gasteiger partial charge in [-0.2, -0.15) is 0 Å². The van der Waals surface area contributed by atoms with Gasteiger partial charge in [0.25, 0.3) is 0 Å². The van der Waals surface area contributed by atoms with E-state index >= 15 is 0 Å². The van der Waals surface area contributed by atoms with Crippen molar-refractivity contribution in [3.63, 3.8) is 0 Å². The SMILES string of the molecule is CC(C)NC(=O)C(C)NC(=O)NCCCCC(=O)O. The van der Waals surface area contributed by atoms with Gasteiger partial charge in [0.2, 0.25) is 5.91 Å². The highest BCUT2D eigenvalue weighted by atomic mass is 16.4. The lowest BCUT2D eigenvalue weighted by Gasteiger charge is -2.16. The van der Waals surface area contributed by atoms with Gasteiger partial charge in [0, 0.05) is 19.0 Å². The summed E-state index contributed by atoms with van der Waals surface area (Å²) in [5, 5.41) is 16.2. The van der Waals surface area contributed by atoms with Gasteiger partial charge >= 0.3 is 12.0 Å². The Kier molecular flexibility index (Phi) is 8.32. The zero-order chi connectivity index (χ0) is 14.8. The monoisotopic (exact) mass is 273 g/mol. The van der Waals surface area contributed by atoms with Gasteiger partial charge in [-0.05, 0) is 33.6 Å². The van der Waals surface area contributed by atoms with Crippen molar-refractivity contribution in [1.29, 1.82) is 0 Å². The van der Waals surface area contributed by atoms with Gasteiger partial charge in [-0.25, -0.2) is 4.79 Å². The maximum atomic E-state index is 11.5. The second-order valence-electron chi connectivity index (χ2n) is 4.64. The van der Waals surface area contributed by atoms with E-state index in [2.05, 4.69) is 16.0 Å². The summed E-state index contributed by atoms with van der Waals surface area (Å²) in [6.07, 6.45) is 1.20. The van der Waals surface area contributed by atoms with E-state index in [4.69, 9.17) is 5.11 Å². The first-order chi connectivity index (χ1) is 8.82. The van der Waals surface area contributed by atoms with Crippen LogP contribution in [-0.2, 0) is 9.59 Å². The molecule has 4 N–H and O–H groups in total. The molecule has 3 amide bonds. The van der Waals surface area contributed by atoms with Crippen molar-refractivity contribution in [3.05, 3.63) is 0 Å². The summed E-state index contributed by atoms with van der Waals surface area (Å²) < 4.78 is 0. The third-order valence-electron chi connectivity index (χ3n) is 2.27. The number of rotatable bonds is 8. The Morgan fingerprint density at radius 2 is 1.68 bits per heavy atom. The molecule has 110 valence electrons. The lowest BCUT2D eigenvalue weighted by molar-refractivity contribution is -0.137. The number of hydrogen-bond donors (Lipinski definition) is 4. The number of amides is 3. The maximum Gasteiger partial charge on any atom is 0.315 e. The van der Waals surface area contributed by atoms with Crippen LogP contribution in [0.25, 0.3) is 0 Å². The molecular weight excluding hydrogens is 250 g/mol. The van der Waals surface area contributed by atoms with E-state index in [-0.39, 0.29) is 18.4 Å². The van der Waals surface area contributed by atoms with E-state index < -0.39 is 18.0 Å². The highest BCUT2D eigenvalue weighted by molar-refractivity contribution is 5.86. The summed E-state index contributed by atoms with van der Waals surface area (Å²) in [5.74, 6) is -1.08. The Balaban J connectivity index is 3.73. The first-order valence-corrected chi connectivity index (χ1v) is 6.39. The fourth-order valence-electron chi connectivity index (χ4n) is 1.33. The van der Waals surface area contributed by atoms with Gasteiger partial charge in [-0.15, -0.1) is 0 Å². The van der Waals surface area contributed by atoms with Gasteiger partial charge in [0.1, 0.15) is 6.04 Å². The molecular formula is C12H23N3O4. The number of carbonyl (C=O) groups is 3. The van der Waals surface area contributed by atoms with E-state index in [9.17, 15) is 14.4 Å². The first kappa shape index (κ1) is 17.2. The van der Waals surface area contributed by atoms with Crippen molar-refractivity contribution in [2.45, 2.75) is 52.1 Å². The molecule has 19 heavy (non-hydrogen) atoms. The Hall–Kier alpha value is -1.79. The predicted octanol–water partition coefficient (Wildman–Crippen LogP) is 0.454. The summed E-state index contributed by atoms with van der Waals surface area (Å²) in [6, 6.07) is -1.01. The molecule has 0 aromatic rings. The fourth-order valence-corrected chi connectivity index (χ4v) is 1.33. The number of nitrogens with one attached hydrogen (secondary N) is 3. The van der Waals surface area contributed by atoms with Crippen molar-refractivity contribution in [2.75, 3.05) is 6.54 Å². The van der Waals surface area contributed by atoms with Crippen LogP contribution in [0, 0.1) is 0 Å². The zero-order valence-electron chi connectivity index (χ0n) is 11.7. The third kappa shape index (κ3) is 9.87. The minimum Gasteiger partial charge on any atom is -0.481 e. The average Bonchev–Trinajstić information content (AvgIpc) is 2.26. The second-order valence-corrected chi connectivity index (χ2v) is 4.64. The minimum atomic E-state index is -0.844. The molecule has 0 bridgehead atoms. The van der Waals surface area contributed by atoms with E-state index in [1.165, 1.54) is 0 Å². The molecule has 7 heteroatoms. The molecule has 0 aliphatic heterocycles.